The summed E-state index contributed by atoms with van der Waals surface area (Å²) in [4.78, 5) is 26.8. The summed E-state index contributed by atoms with van der Waals surface area (Å²) in [5.74, 6) is -1.61. The molecule has 0 bridgehead atoms. The molecule has 1 aliphatic heterocycles. The molecule has 1 amide bonds. The zero-order chi connectivity index (χ0) is 18.0. The van der Waals surface area contributed by atoms with E-state index < -0.39 is 23.5 Å². The number of furan rings is 1. The van der Waals surface area contributed by atoms with Crippen LogP contribution >= 0.6 is 0 Å². The van der Waals surface area contributed by atoms with E-state index in [2.05, 4.69) is 0 Å². The van der Waals surface area contributed by atoms with Crippen molar-refractivity contribution in [1.29, 1.82) is 0 Å². The van der Waals surface area contributed by atoms with Crippen LogP contribution in [0.15, 0.2) is 58.4 Å². The van der Waals surface area contributed by atoms with Crippen LogP contribution in [0.2, 0.25) is 0 Å². The van der Waals surface area contributed by atoms with Gasteiger partial charge in [0.05, 0.1) is 17.9 Å². The number of hydrogen-bond donors (Lipinski definition) is 2. The van der Waals surface area contributed by atoms with Gasteiger partial charge in [-0.05, 0) is 36.2 Å². The minimum atomic E-state index is -0.760. The van der Waals surface area contributed by atoms with Gasteiger partial charge in [0.15, 0.2) is 11.5 Å². The first-order chi connectivity index (χ1) is 12.0. The van der Waals surface area contributed by atoms with Crippen molar-refractivity contribution in [1.82, 2.24) is 4.90 Å². The monoisotopic (exact) mass is 341 g/mol. The lowest BCUT2D eigenvalue weighted by molar-refractivity contribution is -0.129. The summed E-state index contributed by atoms with van der Waals surface area (Å²) >= 11 is 0. The molecule has 25 heavy (non-hydrogen) atoms. The van der Waals surface area contributed by atoms with Gasteiger partial charge in [0, 0.05) is 6.54 Å². The van der Waals surface area contributed by atoms with E-state index in [4.69, 9.17) is 4.42 Å². The highest BCUT2D eigenvalue weighted by atomic mass is 16.3. The molecule has 0 saturated heterocycles. The van der Waals surface area contributed by atoms with E-state index in [1.54, 1.807) is 18.2 Å². The first-order valence-corrected chi connectivity index (χ1v) is 8.15. The summed E-state index contributed by atoms with van der Waals surface area (Å²) in [6.45, 7) is 2.39. The van der Waals surface area contributed by atoms with Crippen LogP contribution in [0.4, 0.5) is 0 Å². The number of nitrogens with zero attached hydrogens (tertiary/aromatic N) is 1. The molecule has 1 aliphatic rings. The van der Waals surface area contributed by atoms with Gasteiger partial charge in [-0.25, -0.2) is 0 Å². The number of phenols is 1. The largest absolute Gasteiger partial charge is 0.508 e. The Kier molecular flexibility index (Phi) is 4.61. The lowest BCUT2D eigenvalue weighted by Crippen LogP contribution is -2.32. The molecule has 1 aromatic heterocycles. The third kappa shape index (κ3) is 3.03. The molecule has 2 heterocycles. The molecular weight excluding hydrogens is 322 g/mol. The first kappa shape index (κ1) is 16.8. The highest BCUT2D eigenvalue weighted by Gasteiger charge is 2.44. The summed E-state index contributed by atoms with van der Waals surface area (Å²) in [7, 11) is 0. The normalized spacial score (nSPS) is 17.4. The number of hydrogen-bond acceptors (Lipinski definition) is 5. The highest BCUT2D eigenvalue weighted by Crippen LogP contribution is 2.39. The van der Waals surface area contributed by atoms with Gasteiger partial charge in [-0.1, -0.05) is 25.5 Å². The summed E-state index contributed by atoms with van der Waals surface area (Å²) in [5, 5.41) is 20.2. The molecule has 0 saturated carbocycles. The van der Waals surface area contributed by atoms with Crippen molar-refractivity contribution in [3.63, 3.8) is 0 Å². The van der Waals surface area contributed by atoms with E-state index in [1.165, 1.54) is 29.4 Å². The third-order valence-electron chi connectivity index (χ3n) is 4.23. The van der Waals surface area contributed by atoms with Gasteiger partial charge in [0.25, 0.3) is 5.91 Å². The number of benzene rings is 1. The van der Waals surface area contributed by atoms with Crippen molar-refractivity contribution < 1.29 is 24.2 Å². The smallest absolute Gasteiger partial charge is 0.290 e. The lowest BCUT2D eigenvalue weighted by Gasteiger charge is -2.26. The van der Waals surface area contributed by atoms with Crippen LogP contribution in [0.5, 0.6) is 5.75 Å². The Morgan fingerprint density at radius 1 is 1.24 bits per heavy atom. The minimum absolute atomic E-state index is 0.0246. The van der Waals surface area contributed by atoms with Crippen molar-refractivity contribution in [2.45, 2.75) is 25.8 Å². The molecule has 6 heteroatoms. The van der Waals surface area contributed by atoms with E-state index in [0.29, 0.717) is 12.1 Å². The van der Waals surface area contributed by atoms with E-state index in [9.17, 15) is 19.8 Å². The van der Waals surface area contributed by atoms with Crippen LogP contribution < -0.4 is 0 Å². The van der Waals surface area contributed by atoms with Crippen molar-refractivity contribution >= 4 is 11.7 Å². The van der Waals surface area contributed by atoms with Gasteiger partial charge in [-0.2, -0.15) is 0 Å². The molecule has 130 valence electrons. The molecule has 3 rings (SSSR count). The molecule has 1 aromatic carbocycles. The van der Waals surface area contributed by atoms with Gasteiger partial charge in [0.2, 0.25) is 5.78 Å². The number of phenolic OH excluding ortho intramolecular Hbond substituents is 1. The molecular formula is C19H19NO5. The minimum Gasteiger partial charge on any atom is -0.508 e. The average molecular weight is 341 g/mol. The predicted molar refractivity (Wildman–Crippen MR) is 90.2 cm³/mol. The van der Waals surface area contributed by atoms with Crippen LogP contribution in [0.3, 0.4) is 0 Å². The molecule has 0 fully saturated rings. The zero-order valence-corrected chi connectivity index (χ0v) is 13.8. The Labute approximate surface area is 145 Å². The number of aliphatic hydroxyl groups excluding tert-OH is 1. The highest BCUT2D eigenvalue weighted by molar-refractivity contribution is 6.15. The Balaban J connectivity index is 2.08. The van der Waals surface area contributed by atoms with Crippen molar-refractivity contribution in [3.05, 3.63) is 65.3 Å². The Hall–Kier alpha value is -3.02. The van der Waals surface area contributed by atoms with Crippen LogP contribution in [0.1, 0.15) is 41.9 Å². The predicted octanol–water partition coefficient (Wildman–Crippen LogP) is 3.36. The maximum atomic E-state index is 12.8. The van der Waals surface area contributed by atoms with Crippen LogP contribution in [0, 0.1) is 0 Å². The molecule has 1 unspecified atom stereocenters. The van der Waals surface area contributed by atoms with Gasteiger partial charge in [-0.3, -0.25) is 9.59 Å². The number of rotatable bonds is 6. The lowest BCUT2D eigenvalue weighted by atomic mass is 9.95. The molecule has 0 aliphatic carbocycles. The summed E-state index contributed by atoms with van der Waals surface area (Å²) in [6.07, 6.45) is 2.95. The van der Waals surface area contributed by atoms with Crippen LogP contribution in [-0.2, 0) is 4.79 Å². The molecule has 2 N–H and O–H groups in total. The fraction of sp³-hybridized carbons (Fsp3) is 0.263. The maximum Gasteiger partial charge on any atom is 0.290 e. The summed E-state index contributed by atoms with van der Waals surface area (Å²) in [5.41, 5.74) is 0.532. The Morgan fingerprint density at radius 3 is 2.68 bits per heavy atom. The zero-order valence-electron chi connectivity index (χ0n) is 13.8. The number of carbonyl (C=O) groups excluding carboxylic acids is 2. The van der Waals surface area contributed by atoms with Crippen molar-refractivity contribution in [2.75, 3.05) is 6.54 Å². The average Bonchev–Trinajstić information content (AvgIpc) is 3.21. The molecule has 0 spiro atoms. The SMILES string of the molecule is CCCCN1C(=O)C(O)=C(C(=O)c2ccco2)C1c1cccc(O)c1. The fourth-order valence-corrected chi connectivity index (χ4v) is 3.03. The number of unbranched alkanes of at least 4 members (excludes halogenated alkanes) is 1. The second kappa shape index (κ2) is 6.84. The van der Waals surface area contributed by atoms with Gasteiger partial charge >= 0.3 is 0 Å². The van der Waals surface area contributed by atoms with Crippen LogP contribution in [0.25, 0.3) is 0 Å². The maximum absolute atomic E-state index is 12.8. The topological polar surface area (TPSA) is 91.0 Å². The second-order valence-corrected chi connectivity index (χ2v) is 5.92. The van der Waals surface area contributed by atoms with Crippen molar-refractivity contribution in [2.24, 2.45) is 0 Å². The molecule has 6 nitrogen and oxygen atoms in total. The van der Waals surface area contributed by atoms with E-state index in [-0.39, 0.29) is 17.1 Å². The number of ketones is 1. The van der Waals surface area contributed by atoms with Crippen molar-refractivity contribution in [3.8, 4) is 5.75 Å². The second-order valence-electron chi connectivity index (χ2n) is 5.92. The fourth-order valence-electron chi connectivity index (χ4n) is 3.03. The summed E-state index contributed by atoms with van der Waals surface area (Å²) < 4.78 is 5.14. The number of carbonyl (C=O) groups is 2. The van der Waals surface area contributed by atoms with E-state index in [0.717, 1.165) is 12.8 Å². The van der Waals surface area contributed by atoms with Gasteiger partial charge < -0.3 is 19.5 Å². The van der Waals surface area contributed by atoms with Crippen LogP contribution in [-0.4, -0.2) is 33.3 Å². The quantitative estimate of drug-likeness (QED) is 0.786. The third-order valence-corrected chi connectivity index (χ3v) is 4.23. The van der Waals surface area contributed by atoms with Gasteiger partial charge in [0.1, 0.15) is 5.75 Å². The molecule has 1 atom stereocenters. The molecule has 0 radical (unpaired) electrons. The Morgan fingerprint density at radius 2 is 2.04 bits per heavy atom. The van der Waals surface area contributed by atoms with Gasteiger partial charge in [-0.15, -0.1) is 0 Å². The number of amides is 1. The molecule has 2 aromatic rings. The van der Waals surface area contributed by atoms with E-state index in [1.807, 2.05) is 6.92 Å². The number of Topliss-reactive ketones (excluding diaryl/α,β-unsaturated/α-hetero) is 1. The Bertz CT molecular complexity index is 822. The standard InChI is InChI=1S/C19H19NO5/c1-2-3-9-20-16(12-6-4-7-13(21)11-12)15(18(23)19(20)24)17(22)14-8-5-10-25-14/h4-8,10-11,16,21,23H,2-3,9H2,1H3. The number of aromatic hydroxyl groups is 1. The summed E-state index contributed by atoms with van der Waals surface area (Å²) in [6, 6.07) is 8.64. The first-order valence-electron chi connectivity index (χ1n) is 8.15. The van der Waals surface area contributed by atoms with E-state index >= 15 is 0 Å². The number of aliphatic hydroxyl groups is 1.